The number of nitrogens with one attached hydrogen (secondary N) is 1. The fourth-order valence-electron chi connectivity index (χ4n) is 3.90. The van der Waals surface area contributed by atoms with Crippen LogP contribution in [0, 0.1) is 0 Å². The molecule has 1 amide bonds. The first-order valence-electron chi connectivity index (χ1n) is 11.3. The lowest BCUT2D eigenvalue weighted by molar-refractivity contribution is -0.144. The lowest BCUT2D eigenvalue weighted by Crippen LogP contribution is -2.34. The van der Waals surface area contributed by atoms with Gasteiger partial charge in [0.25, 0.3) is 5.91 Å². The minimum atomic E-state index is -4.57. The number of alkyl halides is 3. The lowest BCUT2D eigenvalue weighted by atomic mass is 10.1. The van der Waals surface area contributed by atoms with Crippen molar-refractivity contribution in [3.05, 3.63) is 54.6 Å². The number of hydrogen-bond acceptors (Lipinski definition) is 7. The molecule has 0 aliphatic heterocycles. The van der Waals surface area contributed by atoms with Gasteiger partial charge in [-0.3, -0.25) is 13.9 Å². The average molecular weight is 531 g/mol. The zero-order valence-electron chi connectivity index (χ0n) is 20.9. The van der Waals surface area contributed by atoms with Gasteiger partial charge in [-0.2, -0.15) is 18.3 Å². The molecule has 0 radical (unpaired) electrons. The molecule has 0 aliphatic rings. The maximum Gasteiger partial charge on any atom is 0.405 e. The quantitative estimate of drug-likeness (QED) is 0.344. The number of hydrogen-bond donors (Lipinski definition) is 1. The number of halogens is 3. The Morgan fingerprint density at radius 2 is 1.71 bits per heavy atom. The molecule has 0 saturated carbocycles. The summed E-state index contributed by atoms with van der Waals surface area (Å²) in [6, 6.07) is 6.15. The van der Waals surface area contributed by atoms with Gasteiger partial charge in [-0.1, -0.05) is 0 Å². The van der Waals surface area contributed by atoms with E-state index < -0.39 is 30.6 Å². The molecule has 38 heavy (non-hydrogen) atoms. The number of imidazole rings is 1. The molecule has 1 N–H and O–H groups in total. The van der Waals surface area contributed by atoms with Crippen molar-refractivity contribution in [2.45, 2.75) is 19.1 Å². The van der Waals surface area contributed by atoms with Gasteiger partial charge in [0.05, 0.1) is 39.4 Å². The van der Waals surface area contributed by atoms with E-state index in [0.29, 0.717) is 16.9 Å². The number of methoxy groups -OCH3 is 3. The van der Waals surface area contributed by atoms with Crippen LogP contribution in [0.25, 0.3) is 28.0 Å². The molecule has 0 saturated heterocycles. The number of nitrogens with zero attached hydrogens (tertiary/aromatic N) is 4. The Bertz CT molecular complexity index is 1470. The van der Waals surface area contributed by atoms with Crippen LogP contribution in [0.1, 0.15) is 23.3 Å². The minimum absolute atomic E-state index is 0.0396. The highest BCUT2D eigenvalue weighted by molar-refractivity contribution is 6.00. The Morgan fingerprint density at radius 3 is 2.32 bits per heavy atom. The standard InChI is InChI=1S/C25H24F3N5O5/c1-14(24(35)38-4)33-12-17(10-31-33)15-5-6-32-18(11-29-21(32)9-15)16-7-19(36-2)22(20(8-16)37-3)23(34)30-13-25(26,27)28/h5-12,14H,13H2,1-4H3,(H,30,34). The molecular formula is C25H24F3N5O5. The minimum Gasteiger partial charge on any atom is -0.496 e. The Morgan fingerprint density at radius 1 is 1.03 bits per heavy atom. The van der Waals surface area contributed by atoms with E-state index in [9.17, 15) is 22.8 Å². The molecular weight excluding hydrogens is 507 g/mol. The Balaban J connectivity index is 1.68. The summed E-state index contributed by atoms with van der Waals surface area (Å²) in [5.74, 6) is -1.31. The highest BCUT2D eigenvalue weighted by Crippen LogP contribution is 2.36. The smallest absolute Gasteiger partial charge is 0.405 e. The highest BCUT2D eigenvalue weighted by atomic mass is 19.4. The van der Waals surface area contributed by atoms with Crippen molar-refractivity contribution in [1.82, 2.24) is 24.5 Å². The zero-order chi connectivity index (χ0) is 27.6. The van der Waals surface area contributed by atoms with E-state index in [1.807, 2.05) is 17.4 Å². The maximum atomic E-state index is 12.6. The molecule has 3 aromatic heterocycles. The van der Waals surface area contributed by atoms with Crippen LogP contribution in [0.2, 0.25) is 0 Å². The van der Waals surface area contributed by atoms with Gasteiger partial charge in [-0.15, -0.1) is 0 Å². The van der Waals surface area contributed by atoms with Crippen molar-refractivity contribution in [2.75, 3.05) is 27.9 Å². The van der Waals surface area contributed by atoms with Gasteiger partial charge in [-0.05, 0) is 36.8 Å². The van der Waals surface area contributed by atoms with Crippen LogP contribution in [-0.4, -0.2) is 65.1 Å². The molecule has 0 aliphatic carbocycles. The second kappa shape index (κ2) is 10.4. The fourth-order valence-corrected chi connectivity index (χ4v) is 3.90. The van der Waals surface area contributed by atoms with E-state index in [-0.39, 0.29) is 17.1 Å². The Labute approximate surface area is 214 Å². The Kier molecular flexibility index (Phi) is 7.28. The zero-order valence-corrected chi connectivity index (χ0v) is 20.9. The normalized spacial score (nSPS) is 12.3. The SMILES string of the molecule is COC(=O)C(C)n1cc(-c2ccn3c(-c4cc(OC)c(C(=O)NCC(F)(F)F)c(OC)c4)cnc3c2)cn1. The summed E-state index contributed by atoms with van der Waals surface area (Å²) in [6.07, 6.45) is 2.20. The molecule has 1 unspecified atom stereocenters. The molecule has 0 fully saturated rings. The number of benzene rings is 1. The van der Waals surface area contributed by atoms with E-state index in [0.717, 1.165) is 11.1 Å². The highest BCUT2D eigenvalue weighted by Gasteiger charge is 2.30. The van der Waals surface area contributed by atoms with Crippen molar-refractivity contribution in [2.24, 2.45) is 0 Å². The van der Waals surface area contributed by atoms with E-state index in [2.05, 4.69) is 10.1 Å². The van der Waals surface area contributed by atoms with Gasteiger partial charge >= 0.3 is 12.1 Å². The average Bonchev–Trinajstić information content (AvgIpc) is 3.57. The van der Waals surface area contributed by atoms with Crippen LogP contribution < -0.4 is 14.8 Å². The molecule has 0 spiro atoms. The first-order chi connectivity index (χ1) is 18.1. The summed E-state index contributed by atoms with van der Waals surface area (Å²) >= 11 is 0. The van der Waals surface area contributed by atoms with Gasteiger partial charge in [-0.25, -0.2) is 9.78 Å². The van der Waals surface area contributed by atoms with Crippen molar-refractivity contribution in [3.63, 3.8) is 0 Å². The number of esters is 1. The predicted molar refractivity (Wildman–Crippen MR) is 130 cm³/mol. The number of fused-ring (bicyclic) bond motifs is 1. The van der Waals surface area contributed by atoms with Gasteiger partial charge in [0, 0.05) is 23.5 Å². The van der Waals surface area contributed by atoms with Crippen LogP contribution in [-0.2, 0) is 9.53 Å². The van der Waals surface area contributed by atoms with Gasteiger partial charge in [0.1, 0.15) is 35.3 Å². The van der Waals surface area contributed by atoms with Crippen LogP contribution in [0.3, 0.4) is 0 Å². The predicted octanol–water partition coefficient (Wildman–Crippen LogP) is 3.91. The van der Waals surface area contributed by atoms with Crippen molar-refractivity contribution >= 4 is 17.5 Å². The third kappa shape index (κ3) is 5.26. The number of aromatic nitrogens is 4. The van der Waals surface area contributed by atoms with Gasteiger partial charge in [0.2, 0.25) is 0 Å². The number of amides is 1. The first kappa shape index (κ1) is 26.5. The van der Waals surface area contributed by atoms with Crippen molar-refractivity contribution in [1.29, 1.82) is 0 Å². The molecule has 4 aromatic rings. The maximum absolute atomic E-state index is 12.6. The Hall–Kier alpha value is -4.55. The molecule has 1 aromatic carbocycles. The number of ether oxygens (including phenoxy) is 3. The third-order valence-corrected chi connectivity index (χ3v) is 5.87. The number of rotatable bonds is 8. The third-order valence-electron chi connectivity index (χ3n) is 5.87. The summed E-state index contributed by atoms with van der Waals surface area (Å²) < 4.78 is 56.5. The molecule has 13 heteroatoms. The molecule has 200 valence electrons. The summed E-state index contributed by atoms with van der Waals surface area (Å²) in [4.78, 5) is 28.8. The monoisotopic (exact) mass is 531 g/mol. The molecule has 4 rings (SSSR count). The van der Waals surface area contributed by atoms with Crippen molar-refractivity contribution < 1.29 is 37.0 Å². The fraction of sp³-hybridized carbons (Fsp3) is 0.280. The number of carbonyl (C=O) groups excluding carboxylic acids is 2. The lowest BCUT2D eigenvalue weighted by Gasteiger charge is -2.16. The number of carbonyl (C=O) groups is 2. The van der Waals surface area contributed by atoms with Crippen LogP contribution in [0.5, 0.6) is 11.5 Å². The number of pyridine rings is 1. The summed E-state index contributed by atoms with van der Waals surface area (Å²) in [6.45, 7) is 0.191. The second-order valence-electron chi connectivity index (χ2n) is 8.25. The first-order valence-corrected chi connectivity index (χ1v) is 11.3. The van der Waals surface area contributed by atoms with E-state index in [1.54, 1.807) is 36.1 Å². The molecule has 0 bridgehead atoms. The summed E-state index contributed by atoms with van der Waals surface area (Å²) in [5.41, 5.74) is 3.20. The molecule has 1 atom stereocenters. The summed E-state index contributed by atoms with van der Waals surface area (Å²) in [5, 5.41) is 6.09. The van der Waals surface area contributed by atoms with Gasteiger partial charge in [0.15, 0.2) is 0 Å². The topological polar surface area (TPSA) is 109 Å². The van der Waals surface area contributed by atoms with E-state index >= 15 is 0 Å². The van der Waals surface area contributed by atoms with Crippen LogP contribution in [0.4, 0.5) is 13.2 Å². The van der Waals surface area contributed by atoms with E-state index in [1.165, 1.54) is 38.1 Å². The largest absolute Gasteiger partial charge is 0.496 e. The van der Waals surface area contributed by atoms with Gasteiger partial charge < -0.3 is 19.5 Å². The molecule has 3 heterocycles. The second-order valence-corrected chi connectivity index (χ2v) is 8.25. The van der Waals surface area contributed by atoms with E-state index in [4.69, 9.17) is 14.2 Å². The van der Waals surface area contributed by atoms with Crippen molar-refractivity contribution in [3.8, 4) is 33.9 Å². The van der Waals surface area contributed by atoms with Crippen LogP contribution >= 0.6 is 0 Å². The van der Waals surface area contributed by atoms with Crippen LogP contribution in [0.15, 0.2) is 49.1 Å². The summed E-state index contributed by atoms with van der Waals surface area (Å²) in [7, 11) is 3.93. The molecule has 10 nitrogen and oxygen atoms in total.